The maximum Gasteiger partial charge on any atom is 0.322 e. The summed E-state index contributed by atoms with van der Waals surface area (Å²) in [6.07, 6.45) is 0. The van der Waals surface area contributed by atoms with Crippen molar-refractivity contribution in [2.75, 3.05) is 25.0 Å². The molecule has 2 amide bonds. The number of amidine groups is 1. The molecule has 1 N–H and O–H groups in total. The van der Waals surface area contributed by atoms with Crippen molar-refractivity contribution >= 4 is 34.8 Å². The molecule has 5 rings (SSSR count). The predicted molar refractivity (Wildman–Crippen MR) is 127 cm³/mol. The Morgan fingerprint density at radius 3 is 2.62 bits per heavy atom. The first-order valence-electron chi connectivity index (χ1n) is 10.6. The fourth-order valence-electron chi connectivity index (χ4n) is 4.12. The Hall–Kier alpha value is -3.51. The normalized spacial score (nSPS) is 17.4. The van der Waals surface area contributed by atoms with E-state index in [-0.39, 0.29) is 12.1 Å². The Bertz CT molecular complexity index is 1200. The molecule has 3 aromatic carbocycles. The van der Waals surface area contributed by atoms with Crippen molar-refractivity contribution in [2.45, 2.75) is 13.0 Å². The van der Waals surface area contributed by atoms with E-state index in [1.807, 2.05) is 65.6 Å². The quantitative estimate of drug-likeness (QED) is 0.516. The number of para-hydroxylation sites is 3. The summed E-state index contributed by atoms with van der Waals surface area (Å²) in [7, 11) is 0. The van der Waals surface area contributed by atoms with Gasteiger partial charge in [0.2, 0.25) is 0 Å². The summed E-state index contributed by atoms with van der Waals surface area (Å²) in [4.78, 5) is 21.9. The van der Waals surface area contributed by atoms with Crippen LogP contribution in [0.25, 0.3) is 0 Å². The zero-order valence-electron chi connectivity index (χ0n) is 17.7. The third-order valence-corrected chi connectivity index (χ3v) is 5.94. The van der Waals surface area contributed by atoms with E-state index in [4.69, 9.17) is 21.3 Å². The van der Waals surface area contributed by atoms with Gasteiger partial charge in [0.1, 0.15) is 17.3 Å². The summed E-state index contributed by atoms with van der Waals surface area (Å²) >= 11 is 6.04. The fourth-order valence-corrected chi connectivity index (χ4v) is 4.31. The highest BCUT2D eigenvalue weighted by molar-refractivity contribution is 6.30. The highest BCUT2D eigenvalue weighted by atomic mass is 35.5. The number of urea groups is 1. The molecule has 2 aliphatic heterocycles. The predicted octanol–water partition coefficient (Wildman–Crippen LogP) is 5.76. The molecule has 0 aromatic heterocycles. The van der Waals surface area contributed by atoms with Crippen LogP contribution in [0.1, 0.15) is 12.5 Å². The molecule has 0 saturated carbocycles. The number of amides is 2. The number of fused-ring (bicyclic) bond motifs is 2. The lowest BCUT2D eigenvalue weighted by Crippen LogP contribution is -2.56. The number of nitrogens with zero attached hydrogens (tertiary/aromatic N) is 3. The maximum absolute atomic E-state index is 12.9. The molecule has 2 aliphatic rings. The molecule has 0 aliphatic carbocycles. The number of benzene rings is 3. The minimum Gasteiger partial charge on any atom is -0.454 e. The van der Waals surface area contributed by atoms with E-state index >= 15 is 0 Å². The van der Waals surface area contributed by atoms with Gasteiger partial charge in [-0.25, -0.2) is 9.79 Å². The molecular weight excluding hydrogens is 424 g/mol. The first kappa shape index (κ1) is 20.4. The summed E-state index contributed by atoms with van der Waals surface area (Å²) in [5, 5.41) is 3.54. The average molecular weight is 447 g/mol. The zero-order valence-corrected chi connectivity index (χ0v) is 18.4. The number of piperazine rings is 1. The van der Waals surface area contributed by atoms with Crippen molar-refractivity contribution in [3.8, 4) is 11.5 Å². The lowest BCUT2D eigenvalue weighted by Gasteiger charge is -2.41. The molecule has 0 radical (unpaired) electrons. The molecule has 0 spiro atoms. The number of halogens is 1. The van der Waals surface area contributed by atoms with E-state index in [0.29, 0.717) is 30.3 Å². The molecule has 1 unspecified atom stereocenters. The van der Waals surface area contributed by atoms with Gasteiger partial charge in [0.05, 0.1) is 5.56 Å². The molecule has 1 fully saturated rings. The van der Waals surface area contributed by atoms with E-state index in [1.54, 1.807) is 12.1 Å². The van der Waals surface area contributed by atoms with E-state index in [0.717, 1.165) is 28.6 Å². The van der Waals surface area contributed by atoms with Gasteiger partial charge in [0.25, 0.3) is 0 Å². The van der Waals surface area contributed by atoms with Crippen molar-refractivity contribution in [3.05, 3.63) is 83.4 Å². The van der Waals surface area contributed by atoms with E-state index in [2.05, 4.69) is 17.1 Å². The SMILES string of the molecule is CC1CN(C2=Nc3ccccc3Oc3ccccc32)CCN1C(=O)Nc1cccc(Cl)c1. The van der Waals surface area contributed by atoms with Gasteiger partial charge in [-0.15, -0.1) is 0 Å². The van der Waals surface area contributed by atoms with Crippen LogP contribution in [0.5, 0.6) is 11.5 Å². The smallest absolute Gasteiger partial charge is 0.322 e. The van der Waals surface area contributed by atoms with E-state index in [9.17, 15) is 4.79 Å². The highest BCUT2D eigenvalue weighted by Crippen LogP contribution is 2.38. The number of hydrogen-bond acceptors (Lipinski definition) is 4. The number of carbonyl (C=O) groups is 1. The van der Waals surface area contributed by atoms with Gasteiger partial charge in [-0.1, -0.05) is 41.9 Å². The van der Waals surface area contributed by atoms with E-state index in [1.165, 1.54) is 0 Å². The Morgan fingerprint density at radius 2 is 1.81 bits per heavy atom. The molecule has 1 atom stereocenters. The zero-order chi connectivity index (χ0) is 22.1. The van der Waals surface area contributed by atoms with Crippen LogP contribution in [0.15, 0.2) is 77.8 Å². The van der Waals surface area contributed by atoms with Gasteiger partial charge in [-0.05, 0) is 49.4 Å². The number of carbonyl (C=O) groups excluding carboxylic acids is 1. The van der Waals surface area contributed by atoms with Gasteiger partial charge in [0, 0.05) is 36.4 Å². The van der Waals surface area contributed by atoms with Crippen molar-refractivity contribution in [1.29, 1.82) is 0 Å². The number of aliphatic imine (C=N–C) groups is 1. The minimum absolute atomic E-state index is 0.00258. The highest BCUT2D eigenvalue weighted by Gasteiger charge is 2.31. The maximum atomic E-state index is 12.9. The summed E-state index contributed by atoms with van der Waals surface area (Å²) in [6.45, 7) is 3.97. The number of anilines is 1. The largest absolute Gasteiger partial charge is 0.454 e. The lowest BCUT2D eigenvalue weighted by molar-refractivity contribution is 0.145. The topological polar surface area (TPSA) is 57.2 Å². The van der Waals surface area contributed by atoms with Crippen LogP contribution in [0.2, 0.25) is 5.02 Å². The summed E-state index contributed by atoms with van der Waals surface area (Å²) in [5.74, 6) is 2.39. The minimum atomic E-state index is -0.128. The summed E-state index contributed by atoms with van der Waals surface area (Å²) in [6, 6.07) is 22.8. The Labute approximate surface area is 192 Å². The molecule has 162 valence electrons. The monoisotopic (exact) mass is 446 g/mol. The van der Waals surface area contributed by atoms with Gasteiger partial charge < -0.3 is 19.9 Å². The Balaban J connectivity index is 1.38. The van der Waals surface area contributed by atoms with Crippen molar-refractivity contribution in [3.63, 3.8) is 0 Å². The van der Waals surface area contributed by atoms with Crippen LogP contribution >= 0.6 is 11.6 Å². The Kier molecular flexibility index (Phi) is 5.45. The molecule has 0 bridgehead atoms. The standard InChI is InChI=1S/C25H23ClN4O2/c1-17-16-29(13-14-30(17)25(31)27-19-8-6-7-18(26)15-19)24-20-9-2-4-11-22(20)32-23-12-5-3-10-21(23)28-24/h2-12,15,17H,13-14,16H2,1H3,(H,27,31). The van der Waals surface area contributed by atoms with Crippen LogP contribution in [0.4, 0.5) is 16.2 Å². The molecular formula is C25H23ClN4O2. The molecule has 3 aromatic rings. The molecule has 1 saturated heterocycles. The molecule has 32 heavy (non-hydrogen) atoms. The lowest BCUT2D eigenvalue weighted by atomic mass is 10.1. The number of rotatable bonds is 1. The van der Waals surface area contributed by atoms with E-state index < -0.39 is 0 Å². The van der Waals surface area contributed by atoms with Gasteiger partial charge in [0.15, 0.2) is 5.75 Å². The van der Waals surface area contributed by atoms with Crippen molar-refractivity contribution in [2.24, 2.45) is 4.99 Å². The fraction of sp³-hybridized carbons (Fsp3) is 0.200. The van der Waals surface area contributed by atoms with Gasteiger partial charge in [-0.2, -0.15) is 0 Å². The number of ether oxygens (including phenoxy) is 1. The van der Waals surface area contributed by atoms with Gasteiger partial charge >= 0.3 is 6.03 Å². The van der Waals surface area contributed by atoms with Crippen molar-refractivity contribution < 1.29 is 9.53 Å². The number of nitrogens with one attached hydrogen (secondary N) is 1. The number of hydrogen-bond donors (Lipinski definition) is 1. The summed E-state index contributed by atoms with van der Waals surface area (Å²) in [5.41, 5.74) is 2.44. The second-order valence-electron chi connectivity index (χ2n) is 7.93. The average Bonchev–Trinajstić information content (AvgIpc) is 2.95. The second kappa shape index (κ2) is 8.55. The second-order valence-corrected chi connectivity index (χ2v) is 8.37. The van der Waals surface area contributed by atoms with Crippen LogP contribution < -0.4 is 10.1 Å². The molecule has 6 nitrogen and oxygen atoms in total. The van der Waals surface area contributed by atoms with Crippen LogP contribution in [0.3, 0.4) is 0 Å². The van der Waals surface area contributed by atoms with Crippen LogP contribution in [-0.2, 0) is 0 Å². The molecule has 2 heterocycles. The van der Waals surface area contributed by atoms with Gasteiger partial charge in [-0.3, -0.25) is 0 Å². The van der Waals surface area contributed by atoms with Crippen molar-refractivity contribution in [1.82, 2.24) is 9.80 Å². The third kappa shape index (κ3) is 4.01. The first-order valence-corrected chi connectivity index (χ1v) is 11.0. The summed E-state index contributed by atoms with van der Waals surface area (Å²) < 4.78 is 6.16. The molecule has 7 heteroatoms. The van der Waals surface area contributed by atoms with Crippen LogP contribution in [0, 0.1) is 0 Å². The van der Waals surface area contributed by atoms with Crippen LogP contribution in [-0.4, -0.2) is 47.3 Å². The third-order valence-electron chi connectivity index (χ3n) is 5.70. The Morgan fingerprint density at radius 1 is 1.03 bits per heavy atom. The first-order chi connectivity index (χ1) is 15.6.